The number of fused-ring (bicyclic) bond motifs is 1. The Morgan fingerprint density at radius 3 is 2.36 bits per heavy atom. The number of hydrogen-bond acceptors (Lipinski definition) is 4. The first-order chi connectivity index (χ1) is 19.1. The monoisotopic (exact) mass is 582 g/mol. The molecule has 0 unspecified atom stereocenters. The molecule has 5 aromatic carbocycles. The minimum absolute atomic E-state index is 0.0639. The van der Waals surface area contributed by atoms with Crippen molar-refractivity contribution in [3.8, 4) is 11.5 Å². The molecule has 194 valence electrons. The number of ether oxygens (including phenoxy) is 2. The SMILES string of the molecule is O=C(N/N=C\c1c(OCc2ccccc2F)ccc2ccccc12)c1ccc(OCc2ccc(Br)cc2)cc1. The molecular weight excluding hydrogens is 559 g/mol. The zero-order valence-electron chi connectivity index (χ0n) is 20.8. The number of nitrogens with zero attached hydrogens (tertiary/aromatic N) is 1. The van der Waals surface area contributed by atoms with E-state index in [4.69, 9.17) is 9.47 Å². The van der Waals surface area contributed by atoms with Crippen LogP contribution in [0, 0.1) is 5.82 Å². The van der Waals surface area contributed by atoms with E-state index in [-0.39, 0.29) is 18.3 Å². The van der Waals surface area contributed by atoms with Gasteiger partial charge in [-0.25, -0.2) is 9.82 Å². The zero-order chi connectivity index (χ0) is 27.0. The molecule has 0 radical (unpaired) electrons. The minimum Gasteiger partial charge on any atom is -0.489 e. The van der Waals surface area contributed by atoms with E-state index in [1.165, 1.54) is 6.07 Å². The largest absolute Gasteiger partial charge is 0.489 e. The van der Waals surface area contributed by atoms with Gasteiger partial charge in [0.05, 0.1) is 6.21 Å². The molecule has 5 rings (SSSR count). The van der Waals surface area contributed by atoms with Crippen LogP contribution in [-0.2, 0) is 13.2 Å². The fourth-order valence-corrected chi connectivity index (χ4v) is 4.24. The summed E-state index contributed by atoms with van der Waals surface area (Å²) < 4.78 is 26.9. The molecule has 0 saturated carbocycles. The molecule has 0 aliphatic rings. The Hall–Kier alpha value is -4.49. The number of halogens is 2. The molecule has 0 spiro atoms. The first-order valence-electron chi connectivity index (χ1n) is 12.3. The van der Waals surface area contributed by atoms with Gasteiger partial charge in [-0.3, -0.25) is 4.79 Å². The normalized spacial score (nSPS) is 11.0. The Balaban J connectivity index is 1.26. The van der Waals surface area contributed by atoms with E-state index in [0.717, 1.165) is 20.8 Å². The number of carbonyl (C=O) groups is 1. The van der Waals surface area contributed by atoms with Gasteiger partial charge in [0, 0.05) is 21.2 Å². The third-order valence-corrected chi connectivity index (χ3v) is 6.60. The van der Waals surface area contributed by atoms with Crippen LogP contribution in [0.3, 0.4) is 0 Å². The quantitative estimate of drug-likeness (QED) is 0.143. The van der Waals surface area contributed by atoms with Crippen molar-refractivity contribution in [2.45, 2.75) is 13.2 Å². The van der Waals surface area contributed by atoms with Crippen LogP contribution in [0.15, 0.2) is 119 Å². The minimum atomic E-state index is -0.361. The molecule has 5 aromatic rings. The van der Waals surface area contributed by atoms with Crippen LogP contribution in [0.1, 0.15) is 27.0 Å². The molecule has 0 heterocycles. The Labute approximate surface area is 234 Å². The summed E-state index contributed by atoms with van der Waals surface area (Å²) in [4.78, 5) is 12.7. The Morgan fingerprint density at radius 2 is 1.56 bits per heavy atom. The zero-order valence-corrected chi connectivity index (χ0v) is 22.4. The standard InChI is InChI=1S/C32H24BrFN2O3/c33-26-14-9-22(10-15-26)20-38-27-16-11-24(12-17-27)32(37)36-35-19-29-28-7-3-1-5-23(28)13-18-31(29)39-21-25-6-2-4-8-30(25)34/h1-19H,20-21H2,(H,36,37)/b35-19-. The van der Waals surface area contributed by atoms with E-state index in [9.17, 15) is 9.18 Å². The first kappa shape index (κ1) is 26.1. The van der Waals surface area contributed by atoms with Crippen molar-refractivity contribution >= 4 is 38.8 Å². The van der Waals surface area contributed by atoms with Crippen molar-refractivity contribution in [2.24, 2.45) is 5.10 Å². The maximum absolute atomic E-state index is 14.1. The van der Waals surface area contributed by atoms with Crippen LogP contribution in [0.25, 0.3) is 10.8 Å². The van der Waals surface area contributed by atoms with Gasteiger partial charge >= 0.3 is 0 Å². The van der Waals surface area contributed by atoms with Gasteiger partial charge < -0.3 is 9.47 Å². The van der Waals surface area contributed by atoms with Crippen molar-refractivity contribution in [3.05, 3.63) is 142 Å². The molecule has 0 aliphatic carbocycles. The fraction of sp³-hybridized carbons (Fsp3) is 0.0625. The highest BCUT2D eigenvalue weighted by molar-refractivity contribution is 9.10. The summed E-state index contributed by atoms with van der Waals surface area (Å²) in [6, 6.07) is 32.8. The van der Waals surface area contributed by atoms with Crippen molar-refractivity contribution in [1.29, 1.82) is 0 Å². The predicted molar refractivity (Wildman–Crippen MR) is 155 cm³/mol. The molecule has 0 atom stereocenters. The van der Waals surface area contributed by atoms with Gasteiger partial charge in [-0.05, 0) is 64.9 Å². The Bertz CT molecular complexity index is 1620. The van der Waals surface area contributed by atoms with Crippen molar-refractivity contribution in [2.75, 3.05) is 0 Å². The third kappa shape index (κ3) is 6.69. The molecule has 0 aliphatic heterocycles. The maximum atomic E-state index is 14.1. The number of amides is 1. The van der Waals surface area contributed by atoms with Gasteiger partial charge in [0.1, 0.15) is 30.5 Å². The van der Waals surface area contributed by atoms with Crippen molar-refractivity contribution < 1.29 is 18.7 Å². The number of rotatable bonds is 9. The Kier molecular flexibility index (Phi) is 8.29. The van der Waals surface area contributed by atoms with E-state index in [1.807, 2.05) is 60.7 Å². The van der Waals surface area contributed by atoms with E-state index in [2.05, 4.69) is 26.5 Å². The highest BCUT2D eigenvalue weighted by atomic mass is 79.9. The number of hydrazone groups is 1. The van der Waals surface area contributed by atoms with Gasteiger partial charge in [0.2, 0.25) is 0 Å². The lowest BCUT2D eigenvalue weighted by Gasteiger charge is -2.12. The molecular formula is C32H24BrFN2O3. The smallest absolute Gasteiger partial charge is 0.271 e. The summed E-state index contributed by atoms with van der Waals surface area (Å²) in [7, 11) is 0. The summed E-state index contributed by atoms with van der Waals surface area (Å²) in [5, 5.41) is 6.08. The second-order valence-electron chi connectivity index (χ2n) is 8.72. The van der Waals surface area contributed by atoms with Crippen LogP contribution in [0.5, 0.6) is 11.5 Å². The van der Waals surface area contributed by atoms with E-state index >= 15 is 0 Å². The number of benzene rings is 5. The van der Waals surface area contributed by atoms with E-state index in [1.54, 1.807) is 48.7 Å². The lowest BCUT2D eigenvalue weighted by molar-refractivity contribution is 0.0955. The summed E-state index contributed by atoms with van der Waals surface area (Å²) in [6.07, 6.45) is 1.55. The lowest BCUT2D eigenvalue weighted by atomic mass is 10.0. The summed E-state index contributed by atoms with van der Waals surface area (Å²) in [5.41, 5.74) is 5.19. The second kappa shape index (κ2) is 12.4. The van der Waals surface area contributed by atoms with Crippen molar-refractivity contribution in [1.82, 2.24) is 5.43 Å². The molecule has 5 nitrogen and oxygen atoms in total. The topological polar surface area (TPSA) is 59.9 Å². The van der Waals surface area contributed by atoms with E-state index in [0.29, 0.717) is 34.8 Å². The first-order valence-corrected chi connectivity index (χ1v) is 13.0. The van der Waals surface area contributed by atoms with Gasteiger partial charge in [0.25, 0.3) is 5.91 Å². The molecule has 7 heteroatoms. The molecule has 1 amide bonds. The van der Waals surface area contributed by atoms with Crippen LogP contribution in [0.4, 0.5) is 4.39 Å². The van der Waals surface area contributed by atoms with Gasteiger partial charge in [-0.1, -0.05) is 76.6 Å². The Morgan fingerprint density at radius 1 is 0.821 bits per heavy atom. The number of carbonyl (C=O) groups excluding carboxylic acids is 1. The van der Waals surface area contributed by atoms with Gasteiger partial charge in [-0.2, -0.15) is 5.10 Å². The maximum Gasteiger partial charge on any atom is 0.271 e. The van der Waals surface area contributed by atoms with Crippen molar-refractivity contribution in [3.63, 3.8) is 0 Å². The molecule has 0 saturated heterocycles. The van der Waals surface area contributed by atoms with E-state index < -0.39 is 0 Å². The van der Waals surface area contributed by atoms with Crippen LogP contribution in [-0.4, -0.2) is 12.1 Å². The molecule has 0 fully saturated rings. The van der Waals surface area contributed by atoms with Gasteiger partial charge in [0.15, 0.2) is 0 Å². The van der Waals surface area contributed by atoms with Crippen LogP contribution >= 0.6 is 15.9 Å². The van der Waals surface area contributed by atoms with Gasteiger partial charge in [-0.15, -0.1) is 0 Å². The molecule has 0 bridgehead atoms. The highest BCUT2D eigenvalue weighted by Crippen LogP contribution is 2.28. The summed E-state index contributed by atoms with van der Waals surface area (Å²) in [5.74, 6) is 0.498. The van der Waals surface area contributed by atoms with Crippen LogP contribution < -0.4 is 14.9 Å². The average molecular weight is 583 g/mol. The lowest BCUT2D eigenvalue weighted by Crippen LogP contribution is -2.17. The third-order valence-electron chi connectivity index (χ3n) is 6.07. The highest BCUT2D eigenvalue weighted by Gasteiger charge is 2.10. The average Bonchev–Trinajstić information content (AvgIpc) is 2.97. The fourth-order valence-electron chi connectivity index (χ4n) is 3.98. The predicted octanol–water partition coefficient (Wildman–Crippen LogP) is 7.66. The van der Waals surface area contributed by atoms with Crippen LogP contribution in [0.2, 0.25) is 0 Å². The number of nitrogens with one attached hydrogen (secondary N) is 1. The number of hydrogen-bond donors (Lipinski definition) is 1. The summed E-state index contributed by atoms with van der Waals surface area (Å²) >= 11 is 3.42. The second-order valence-corrected chi connectivity index (χ2v) is 9.63. The molecule has 39 heavy (non-hydrogen) atoms. The molecule has 1 N–H and O–H groups in total. The molecule has 0 aromatic heterocycles. The summed E-state index contributed by atoms with van der Waals surface area (Å²) in [6.45, 7) is 0.490.